The van der Waals surface area contributed by atoms with E-state index in [1.165, 1.54) is 5.56 Å². The number of ether oxygens (including phenoxy) is 3. The minimum atomic E-state index is 0.301. The van der Waals surface area contributed by atoms with Gasteiger partial charge in [-0.25, -0.2) is 9.97 Å². The predicted octanol–water partition coefficient (Wildman–Crippen LogP) is 3.50. The molecule has 0 radical (unpaired) electrons. The number of fused-ring (bicyclic) bond motifs is 1. The van der Waals surface area contributed by atoms with Gasteiger partial charge >= 0.3 is 0 Å². The molecule has 1 aromatic carbocycles. The molecule has 0 spiro atoms. The van der Waals surface area contributed by atoms with Gasteiger partial charge in [-0.05, 0) is 36.3 Å². The fourth-order valence-electron chi connectivity index (χ4n) is 3.45. The van der Waals surface area contributed by atoms with Gasteiger partial charge in [0.25, 0.3) is 0 Å². The second-order valence-corrected chi connectivity index (χ2v) is 8.03. The zero-order chi connectivity index (χ0) is 18.5. The number of hydrogen-bond donors (Lipinski definition) is 0. The van der Waals surface area contributed by atoms with Gasteiger partial charge in [-0.3, -0.25) is 4.90 Å². The number of rotatable bonds is 8. The maximum Gasteiger partial charge on any atom is 0.231 e. The maximum atomic E-state index is 5.86. The van der Waals surface area contributed by atoms with Crippen LogP contribution in [0.3, 0.4) is 0 Å². The fourth-order valence-corrected chi connectivity index (χ4v) is 3.96. The lowest BCUT2D eigenvalue weighted by atomic mass is 10.1. The van der Waals surface area contributed by atoms with Crippen molar-refractivity contribution in [2.45, 2.75) is 44.1 Å². The molecule has 2 aromatic rings. The molecule has 1 atom stereocenters. The topological polar surface area (TPSA) is 56.7 Å². The Bertz CT molecular complexity index is 751. The third kappa shape index (κ3) is 4.91. The molecule has 1 fully saturated rings. The van der Waals surface area contributed by atoms with E-state index in [4.69, 9.17) is 14.2 Å². The van der Waals surface area contributed by atoms with E-state index in [0.29, 0.717) is 12.9 Å². The largest absolute Gasteiger partial charge is 0.454 e. The van der Waals surface area contributed by atoms with Crippen LogP contribution in [0.1, 0.15) is 30.9 Å². The highest BCUT2D eigenvalue weighted by molar-refractivity contribution is 7.99. The van der Waals surface area contributed by atoms with Crippen LogP contribution in [0.4, 0.5) is 0 Å². The summed E-state index contributed by atoms with van der Waals surface area (Å²) in [6.45, 7) is 5.80. The molecule has 1 unspecified atom stereocenters. The molecular formula is C20H25N3O3S. The van der Waals surface area contributed by atoms with Crippen molar-refractivity contribution in [3.8, 4) is 11.5 Å². The highest BCUT2D eigenvalue weighted by atomic mass is 32.2. The number of aromatic nitrogens is 2. The molecule has 144 valence electrons. The first-order chi connectivity index (χ1) is 13.3. The normalized spacial score (nSPS) is 18.4. The van der Waals surface area contributed by atoms with Crippen LogP contribution in [0.5, 0.6) is 11.5 Å². The Morgan fingerprint density at radius 2 is 1.93 bits per heavy atom. The van der Waals surface area contributed by atoms with Crippen molar-refractivity contribution >= 4 is 11.8 Å². The molecule has 1 aromatic heterocycles. The van der Waals surface area contributed by atoms with Gasteiger partial charge in [-0.1, -0.05) is 24.8 Å². The lowest BCUT2D eigenvalue weighted by Gasteiger charge is -2.25. The molecule has 0 saturated carbocycles. The van der Waals surface area contributed by atoms with Gasteiger partial charge in [0, 0.05) is 44.2 Å². The minimum Gasteiger partial charge on any atom is -0.454 e. The molecule has 2 aliphatic heterocycles. The van der Waals surface area contributed by atoms with Gasteiger partial charge in [0.2, 0.25) is 6.79 Å². The summed E-state index contributed by atoms with van der Waals surface area (Å²) in [6, 6.07) is 6.16. The second kappa shape index (κ2) is 8.91. The molecule has 0 bridgehead atoms. The Morgan fingerprint density at radius 3 is 2.70 bits per heavy atom. The number of thioether (sulfide) groups is 1. The Kier molecular flexibility index (Phi) is 6.11. The van der Waals surface area contributed by atoms with E-state index in [9.17, 15) is 0 Å². The molecule has 4 rings (SSSR count). The van der Waals surface area contributed by atoms with E-state index in [1.54, 1.807) is 11.8 Å². The summed E-state index contributed by atoms with van der Waals surface area (Å²) in [5.74, 6) is 2.63. The number of nitrogens with zero attached hydrogens (tertiary/aromatic N) is 3. The van der Waals surface area contributed by atoms with E-state index >= 15 is 0 Å². The van der Waals surface area contributed by atoms with E-state index in [-0.39, 0.29) is 0 Å². The van der Waals surface area contributed by atoms with Gasteiger partial charge < -0.3 is 14.2 Å². The van der Waals surface area contributed by atoms with E-state index in [1.807, 2.05) is 18.5 Å². The van der Waals surface area contributed by atoms with Crippen molar-refractivity contribution in [2.75, 3.05) is 25.7 Å². The average molecular weight is 388 g/mol. The zero-order valence-corrected chi connectivity index (χ0v) is 16.4. The van der Waals surface area contributed by atoms with Crippen molar-refractivity contribution < 1.29 is 14.2 Å². The summed E-state index contributed by atoms with van der Waals surface area (Å²) in [6.07, 6.45) is 6.45. The van der Waals surface area contributed by atoms with Gasteiger partial charge in [-0.15, -0.1) is 0 Å². The van der Waals surface area contributed by atoms with Crippen LogP contribution < -0.4 is 9.47 Å². The molecule has 1 saturated heterocycles. The first-order valence-electron chi connectivity index (χ1n) is 9.46. The van der Waals surface area contributed by atoms with Crippen LogP contribution in [0, 0.1) is 0 Å². The Balaban J connectivity index is 1.46. The number of hydrogen-bond acceptors (Lipinski definition) is 7. The summed E-state index contributed by atoms with van der Waals surface area (Å²) in [7, 11) is 0. The van der Waals surface area contributed by atoms with Crippen LogP contribution in [0.15, 0.2) is 35.7 Å². The fraction of sp³-hybridized carbons (Fsp3) is 0.500. The molecule has 0 N–H and O–H groups in total. The van der Waals surface area contributed by atoms with E-state index < -0.39 is 0 Å². The summed E-state index contributed by atoms with van der Waals surface area (Å²) in [4.78, 5) is 11.3. The lowest BCUT2D eigenvalue weighted by molar-refractivity contribution is 0.0678. The first kappa shape index (κ1) is 18.5. The Morgan fingerprint density at radius 1 is 1.11 bits per heavy atom. The standard InChI is InChI=1S/C20H25N3O3S/c1-2-27-20-21-9-16(10-22-20)12-23(13-17-4-3-7-24-17)11-15-5-6-18-19(8-15)26-14-25-18/h5-6,8-10,17H,2-4,7,11-14H2,1H3. The van der Waals surface area contributed by atoms with Gasteiger partial charge in [0.15, 0.2) is 16.7 Å². The Hall–Kier alpha value is -1.83. The predicted molar refractivity (Wildman–Crippen MR) is 104 cm³/mol. The maximum absolute atomic E-state index is 5.86. The number of benzene rings is 1. The van der Waals surface area contributed by atoms with Gasteiger partial charge in [0.05, 0.1) is 6.10 Å². The molecule has 0 aliphatic carbocycles. The van der Waals surface area contributed by atoms with Crippen LogP contribution in [-0.2, 0) is 17.8 Å². The molecule has 3 heterocycles. The Labute approximate surface area is 164 Å². The molecule has 2 aliphatic rings. The monoisotopic (exact) mass is 387 g/mol. The zero-order valence-electron chi connectivity index (χ0n) is 15.6. The van der Waals surface area contributed by atoms with Gasteiger partial charge in [-0.2, -0.15) is 0 Å². The van der Waals surface area contributed by atoms with E-state index in [2.05, 4.69) is 33.9 Å². The van der Waals surface area contributed by atoms with Crippen molar-refractivity contribution in [1.29, 1.82) is 0 Å². The highest BCUT2D eigenvalue weighted by Gasteiger charge is 2.21. The molecule has 0 amide bonds. The first-order valence-corrected chi connectivity index (χ1v) is 10.4. The van der Waals surface area contributed by atoms with Crippen LogP contribution in [0.2, 0.25) is 0 Å². The average Bonchev–Trinajstić information content (AvgIpc) is 3.35. The summed E-state index contributed by atoms with van der Waals surface area (Å²) < 4.78 is 16.8. The molecule has 6 nitrogen and oxygen atoms in total. The summed E-state index contributed by atoms with van der Waals surface area (Å²) in [5, 5.41) is 0.836. The highest BCUT2D eigenvalue weighted by Crippen LogP contribution is 2.33. The van der Waals surface area contributed by atoms with Crippen molar-refractivity contribution in [2.24, 2.45) is 0 Å². The lowest BCUT2D eigenvalue weighted by Crippen LogP contribution is -2.31. The van der Waals surface area contributed by atoms with Crippen molar-refractivity contribution in [1.82, 2.24) is 14.9 Å². The van der Waals surface area contributed by atoms with Crippen LogP contribution >= 0.6 is 11.8 Å². The minimum absolute atomic E-state index is 0.301. The quantitative estimate of drug-likeness (QED) is 0.507. The van der Waals surface area contributed by atoms with Crippen LogP contribution in [-0.4, -0.2) is 46.7 Å². The molecule has 27 heavy (non-hydrogen) atoms. The summed E-state index contributed by atoms with van der Waals surface area (Å²) >= 11 is 1.66. The smallest absolute Gasteiger partial charge is 0.231 e. The van der Waals surface area contributed by atoms with Gasteiger partial charge in [0.1, 0.15) is 0 Å². The van der Waals surface area contributed by atoms with Crippen molar-refractivity contribution in [3.05, 3.63) is 41.7 Å². The SMILES string of the molecule is CCSc1ncc(CN(Cc2ccc3c(c2)OCO3)CC2CCCO2)cn1. The molecular weight excluding hydrogens is 362 g/mol. The third-order valence-corrected chi connectivity index (χ3v) is 5.45. The summed E-state index contributed by atoms with van der Waals surface area (Å²) in [5.41, 5.74) is 2.32. The van der Waals surface area contributed by atoms with E-state index in [0.717, 1.165) is 67.1 Å². The third-order valence-electron chi connectivity index (χ3n) is 4.69. The van der Waals surface area contributed by atoms with Crippen LogP contribution in [0.25, 0.3) is 0 Å². The second-order valence-electron chi connectivity index (χ2n) is 6.80. The molecule has 7 heteroatoms. The van der Waals surface area contributed by atoms with Crippen molar-refractivity contribution in [3.63, 3.8) is 0 Å².